The third kappa shape index (κ3) is 5.97. The number of aryl methyl sites for hydroxylation is 1. The summed E-state index contributed by atoms with van der Waals surface area (Å²) in [5, 5.41) is 31.4. The Hall–Kier alpha value is -3.29. The molecular formula is C19H16N4O2S. The molecule has 0 aromatic heterocycles. The first-order valence-corrected chi connectivity index (χ1v) is 8.84. The summed E-state index contributed by atoms with van der Waals surface area (Å²) >= 11 is 1.54. The van der Waals surface area contributed by atoms with Crippen LogP contribution >= 0.6 is 11.8 Å². The summed E-state index contributed by atoms with van der Waals surface area (Å²) in [6, 6.07) is 18.3. The highest BCUT2D eigenvalue weighted by molar-refractivity contribution is 7.99. The van der Waals surface area contributed by atoms with Crippen LogP contribution in [0.3, 0.4) is 0 Å². The van der Waals surface area contributed by atoms with E-state index >= 15 is 0 Å². The van der Waals surface area contributed by atoms with Gasteiger partial charge in [0.15, 0.2) is 0 Å². The second-order valence-electron chi connectivity index (χ2n) is 5.34. The van der Waals surface area contributed by atoms with Gasteiger partial charge in [0.25, 0.3) is 5.69 Å². The lowest BCUT2D eigenvalue weighted by atomic mass is 10.1. The SMILES string of the molecule is N#CC(C#N)=CNc1cc(SCCCc2ccccc2)cc([N+](=O)[O-])c1. The number of anilines is 1. The Bertz CT molecular complexity index is 867. The molecule has 0 spiro atoms. The molecule has 130 valence electrons. The molecule has 0 amide bonds. The van der Waals surface area contributed by atoms with Crippen LogP contribution in [0.5, 0.6) is 0 Å². The Morgan fingerprint density at radius 1 is 1.19 bits per heavy atom. The average Bonchev–Trinajstić information content (AvgIpc) is 2.67. The van der Waals surface area contributed by atoms with Crippen LogP contribution in [-0.4, -0.2) is 10.7 Å². The van der Waals surface area contributed by atoms with Crippen LogP contribution in [0.2, 0.25) is 0 Å². The minimum absolute atomic E-state index is 0.0376. The summed E-state index contributed by atoms with van der Waals surface area (Å²) in [7, 11) is 0. The highest BCUT2D eigenvalue weighted by Gasteiger charge is 2.10. The molecule has 0 aliphatic rings. The van der Waals surface area contributed by atoms with Crippen molar-refractivity contribution in [1.29, 1.82) is 10.5 Å². The molecule has 26 heavy (non-hydrogen) atoms. The smallest absolute Gasteiger partial charge is 0.272 e. The molecule has 0 radical (unpaired) electrons. The predicted molar refractivity (Wildman–Crippen MR) is 102 cm³/mol. The van der Waals surface area contributed by atoms with E-state index in [4.69, 9.17) is 10.5 Å². The van der Waals surface area contributed by atoms with Crippen molar-refractivity contribution in [2.75, 3.05) is 11.1 Å². The summed E-state index contributed by atoms with van der Waals surface area (Å²) in [6.45, 7) is 0. The Balaban J connectivity index is 2.02. The fourth-order valence-corrected chi connectivity index (χ4v) is 3.15. The minimum atomic E-state index is -0.460. The molecule has 2 aromatic carbocycles. The van der Waals surface area contributed by atoms with E-state index < -0.39 is 4.92 Å². The van der Waals surface area contributed by atoms with Crippen LogP contribution in [0.25, 0.3) is 0 Å². The van der Waals surface area contributed by atoms with E-state index in [0.717, 1.165) is 23.5 Å². The molecule has 0 aliphatic heterocycles. The molecule has 0 bridgehead atoms. The molecule has 1 N–H and O–H groups in total. The van der Waals surface area contributed by atoms with Gasteiger partial charge in [0.1, 0.15) is 17.7 Å². The molecular weight excluding hydrogens is 348 g/mol. The number of allylic oxidation sites excluding steroid dienone is 1. The van der Waals surface area contributed by atoms with Crippen LogP contribution in [-0.2, 0) is 6.42 Å². The molecule has 0 heterocycles. The number of non-ortho nitro benzene ring substituents is 1. The number of nitro benzene ring substituents is 1. The van der Waals surface area contributed by atoms with Gasteiger partial charge >= 0.3 is 0 Å². The van der Waals surface area contributed by atoms with Crippen LogP contribution in [0.1, 0.15) is 12.0 Å². The largest absolute Gasteiger partial charge is 0.360 e. The van der Waals surface area contributed by atoms with Gasteiger partial charge in [0, 0.05) is 28.9 Å². The van der Waals surface area contributed by atoms with Gasteiger partial charge in [-0.05, 0) is 30.2 Å². The maximum Gasteiger partial charge on any atom is 0.272 e. The van der Waals surface area contributed by atoms with Gasteiger partial charge < -0.3 is 5.32 Å². The lowest BCUT2D eigenvalue weighted by Crippen LogP contribution is -1.95. The molecule has 2 aromatic rings. The van der Waals surface area contributed by atoms with Crippen molar-refractivity contribution in [2.24, 2.45) is 0 Å². The summed E-state index contributed by atoms with van der Waals surface area (Å²) < 4.78 is 0. The van der Waals surface area contributed by atoms with Gasteiger partial charge in [-0.1, -0.05) is 30.3 Å². The van der Waals surface area contributed by atoms with E-state index in [1.165, 1.54) is 35.7 Å². The zero-order chi connectivity index (χ0) is 18.8. The number of hydrogen-bond donors (Lipinski definition) is 1. The lowest BCUT2D eigenvalue weighted by molar-refractivity contribution is -0.385. The van der Waals surface area contributed by atoms with Crippen molar-refractivity contribution in [2.45, 2.75) is 17.7 Å². The monoisotopic (exact) mass is 364 g/mol. The first-order valence-electron chi connectivity index (χ1n) is 7.85. The van der Waals surface area contributed by atoms with Gasteiger partial charge in [0.2, 0.25) is 0 Å². The van der Waals surface area contributed by atoms with Crippen molar-refractivity contribution in [3.05, 3.63) is 76.0 Å². The maximum atomic E-state index is 11.1. The second kappa shape index (κ2) is 9.87. The van der Waals surface area contributed by atoms with Crippen molar-refractivity contribution in [3.63, 3.8) is 0 Å². The van der Waals surface area contributed by atoms with Crippen LogP contribution in [0.15, 0.2) is 65.2 Å². The Labute approximate surface area is 155 Å². The number of nitro groups is 1. The summed E-state index contributed by atoms with van der Waals surface area (Å²) in [5.41, 5.74) is 1.59. The topological polar surface area (TPSA) is 103 Å². The lowest BCUT2D eigenvalue weighted by Gasteiger charge is -2.06. The maximum absolute atomic E-state index is 11.1. The van der Waals surface area contributed by atoms with E-state index in [1.807, 2.05) is 18.2 Å². The zero-order valence-electron chi connectivity index (χ0n) is 13.9. The molecule has 0 atom stereocenters. The van der Waals surface area contributed by atoms with Crippen molar-refractivity contribution in [1.82, 2.24) is 0 Å². The van der Waals surface area contributed by atoms with Crippen molar-refractivity contribution in [3.8, 4) is 12.1 Å². The predicted octanol–water partition coefficient (Wildman–Crippen LogP) is 4.66. The zero-order valence-corrected chi connectivity index (χ0v) is 14.7. The van der Waals surface area contributed by atoms with Gasteiger partial charge in [-0.15, -0.1) is 11.8 Å². The molecule has 6 nitrogen and oxygen atoms in total. The Kier molecular flexibility index (Phi) is 7.23. The van der Waals surface area contributed by atoms with E-state index in [9.17, 15) is 10.1 Å². The first-order chi connectivity index (χ1) is 12.6. The average molecular weight is 364 g/mol. The van der Waals surface area contributed by atoms with E-state index in [2.05, 4.69) is 17.4 Å². The van der Waals surface area contributed by atoms with E-state index in [0.29, 0.717) is 5.69 Å². The highest BCUT2D eigenvalue weighted by Crippen LogP contribution is 2.28. The standard InChI is InChI=1S/C19H16N4O2S/c20-12-16(13-21)14-22-17-9-18(23(24)25)11-19(10-17)26-8-4-7-15-5-2-1-3-6-15/h1-3,5-6,9-11,14,22H,4,7-8H2. The summed E-state index contributed by atoms with van der Waals surface area (Å²) in [4.78, 5) is 11.4. The normalized spacial score (nSPS) is 9.62. The van der Waals surface area contributed by atoms with E-state index in [1.54, 1.807) is 18.2 Å². The van der Waals surface area contributed by atoms with Gasteiger partial charge in [-0.2, -0.15) is 10.5 Å². The van der Waals surface area contributed by atoms with Crippen molar-refractivity contribution < 1.29 is 4.92 Å². The number of thioether (sulfide) groups is 1. The molecule has 7 heteroatoms. The van der Waals surface area contributed by atoms with Crippen molar-refractivity contribution >= 4 is 23.1 Å². The quantitative estimate of drug-likeness (QED) is 0.240. The summed E-state index contributed by atoms with van der Waals surface area (Å²) in [5.74, 6) is 0.826. The summed E-state index contributed by atoms with van der Waals surface area (Å²) in [6.07, 6.45) is 3.14. The minimum Gasteiger partial charge on any atom is -0.360 e. The molecule has 0 aliphatic carbocycles. The fourth-order valence-electron chi connectivity index (χ4n) is 2.21. The number of rotatable bonds is 8. The second-order valence-corrected chi connectivity index (χ2v) is 6.50. The third-order valence-corrected chi connectivity index (χ3v) is 4.51. The molecule has 0 unspecified atom stereocenters. The molecule has 2 rings (SSSR count). The van der Waals surface area contributed by atoms with E-state index in [-0.39, 0.29) is 11.3 Å². The fraction of sp³-hybridized carbons (Fsp3) is 0.158. The highest BCUT2D eigenvalue weighted by atomic mass is 32.2. The number of benzene rings is 2. The first kappa shape index (κ1) is 19.0. The van der Waals surface area contributed by atoms with Gasteiger partial charge in [-0.25, -0.2) is 0 Å². The van der Waals surface area contributed by atoms with Crippen LogP contribution in [0.4, 0.5) is 11.4 Å². The number of hydrogen-bond acceptors (Lipinski definition) is 6. The number of nitrogens with one attached hydrogen (secondary N) is 1. The number of nitriles is 2. The third-order valence-electron chi connectivity index (χ3n) is 3.45. The van der Waals surface area contributed by atoms with Gasteiger partial charge in [0.05, 0.1) is 4.92 Å². The van der Waals surface area contributed by atoms with Crippen LogP contribution in [0, 0.1) is 32.8 Å². The molecule has 0 fully saturated rings. The molecule has 0 saturated carbocycles. The van der Waals surface area contributed by atoms with Gasteiger partial charge in [-0.3, -0.25) is 10.1 Å². The Morgan fingerprint density at radius 3 is 2.58 bits per heavy atom. The molecule has 0 saturated heterocycles. The number of nitrogens with zero attached hydrogens (tertiary/aromatic N) is 3. The Morgan fingerprint density at radius 2 is 1.92 bits per heavy atom. The van der Waals surface area contributed by atoms with Crippen LogP contribution < -0.4 is 5.32 Å².